The molecule has 0 aliphatic heterocycles. The Kier molecular flexibility index (Phi) is 19.1. The van der Waals surface area contributed by atoms with E-state index in [0.717, 1.165) is 38.5 Å². The van der Waals surface area contributed by atoms with E-state index in [4.69, 9.17) is 14.5 Å². The Labute approximate surface area is 176 Å². The van der Waals surface area contributed by atoms with Crippen LogP contribution in [0, 0.1) is 0 Å². The molecular formula is C21H41O7P. The first-order chi connectivity index (χ1) is 13.8. The van der Waals surface area contributed by atoms with Crippen molar-refractivity contribution in [2.75, 3.05) is 13.2 Å². The lowest BCUT2D eigenvalue weighted by Crippen LogP contribution is -2.25. The SMILES string of the molecule is CCCCC/C=C\C/C=C\CCCCCCCC(O)OC[C@@H](O)COP(=O)(O)O. The summed E-state index contributed by atoms with van der Waals surface area (Å²) in [6.45, 7) is 1.44. The van der Waals surface area contributed by atoms with Gasteiger partial charge >= 0.3 is 7.82 Å². The highest BCUT2D eigenvalue weighted by Gasteiger charge is 2.17. The predicted molar refractivity (Wildman–Crippen MR) is 115 cm³/mol. The van der Waals surface area contributed by atoms with E-state index < -0.39 is 26.8 Å². The molecule has 4 N–H and O–H groups in total. The fraction of sp³-hybridized carbons (Fsp3) is 0.810. The number of aliphatic hydroxyl groups excluding tert-OH is 2. The van der Waals surface area contributed by atoms with Crippen molar-refractivity contribution in [3.63, 3.8) is 0 Å². The van der Waals surface area contributed by atoms with E-state index >= 15 is 0 Å². The van der Waals surface area contributed by atoms with E-state index in [1.165, 1.54) is 32.1 Å². The van der Waals surface area contributed by atoms with E-state index in [0.29, 0.717) is 6.42 Å². The quantitative estimate of drug-likeness (QED) is 0.0953. The highest BCUT2D eigenvalue weighted by molar-refractivity contribution is 7.46. The van der Waals surface area contributed by atoms with Crippen LogP contribution in [0.4, 0.5) is 0 Å². The lowest BCUT2D eigenvalue weighted by molar-refractivity contribution is -0.129. The summed E-state index contributed by atoms with van der Waals surface area (Å²) in [4.78, 5) is 17.1. The minimum Gasteiger partial charge on any atom is -0.388 e. The second kappa shape index (κ2) is 19.4. The van der Waals surface area contributed by atoms with Gasteiger partial charge in [0.1, 0.15) is 6.10 Å². The summed E-state index contributed by atoms with van der Waals surface area (Å²) in [5.74, 6) is 0. The normalized spacial score (nSPS) is 14.8. The van der Waals surface area contributed by atoms with Crippen molar-refractivity contribution >= 4 is 7.82 Å². The number of aliphatic hydroxyl groups is 2. The van der Waals surface area contributed by atoms with Gasteiger partial charge in [0.2, 0.25) is 0 Å². The lowest BCUT2D eigenvalue weighted by Gasteiger charge is -2.15. The van der Waals surface area contributed by atoms with Gasteiger partial charge in [0.15, 0.2) is 6.29 Å². The summed E-state index contributed by atoms with van der Waals surface area (Å²) in [7, 11) is -4.60. The molecule has 0 aromatic carbocycles. The molecule has 8 heteroatoms. The molecule has 0 heterocycles. The smallest absolute Gasteiger partial charge is 0.388 e. The van der Waals surface area contributed by atoms with Gasteiger partial charge in [0.05, 0.1) is 13.2 Å². The van der Waals surface area contributed by atoms with Crippen LogP contribution in [0.5, 0.6) is 0 Å². The Hall–Kier alpha value is -0.530. The average Bonchev–Trinajstić information content (AvgIpc) is 2.67. The largest absolute Gasteiger partial charge is 0.469 e. The van der Waals surface area contributed by atoms with Crippen molar-refractivity contribution in [2.45, 2.75) is 96.4 Å². The maximum Gasteiger partial charge on any atom is 0.469 e. The van der Waals surface area contributed by atoms with Crippen LogP contribution in [0.15, 0.2) is 24.3 Å². The second-order valence-electron chi connectivity index (χ2n) is 7.25. The number of allylic oxidation sites excluding steroid dienone is 4. The maximum absolute atomic E-state index is 10.5. The van der Waals surface area contributed by atoms with Gasteiger partial charge in [0, 0.05) is 0 Å². The fourth-order valence-electron chi connectivity index (χ4n) is 2.67. The van der Waals surface area contributed by atoms with Crippen molar-refractivity contribution in [3.05, 3.63) is 24.3 Å². The number of rotatable bonds is 20. The Morgan fingerprint density at radius 2 is 1.41 bits per heavy atom. The monoisotopic (exact) mass is 436 g/mol. The van der Waals surface area contributed by atoms with Crippen LogP contribution in [0.3, 0.4) is 0 Å². The Morgan fingerprint density at radius 3 is 2.03 bits per heavy atom. The van der Waals surface area contributed by atoms with Gasteiger partial charge in [-0.25, -0.2) is 4.57 Å². The molecule has 0 fully saturated rings. The Morgan fingerprint density at radius 1 is 0.828 bits per heavy atom. The summed E-state index contributed by atoms with van der Waals surface area (Å²) in [6, 6.07) is 0. The van der Waals surface area contributed by atoms with Crippen molar-refractivity contribution < 1.29 is 33.8 Å². The molecule has 0 radical (unpaired) electrons. The first kappa shape index (κ1) is 28.5. The zero-order valence-corrected chi connectivity index (χ0v) is 18.7. The Balaban J connectivity index is 3.43. The van der Waals surface area contributed by atoms with Gasteiger partial charge in [-0.3, -0.25) is 4.52 Å². The molecule has 0 saturated heterocycles. The summed E-state index contributed by atoms with van der Waals surface area (Å²) in [6.07, 6.45) is 19.7. The predicted octanol–water partition coefficient (Wildman–Crippen LogP) is 4.61. The second-order valence-corrected chi connectivity index (χ2v) is 8.49. The number of phosphoric ester groups is 1. The van der Waals surface area contributed by atoms with Crippen LogP contribution in [0.1, 0.15) is 84.0 Å². The molecule has 0 aromatic heterocycles. The molecule has 172 valence electrons. The molecule has 0 saturated carbocycles. The minimum absolute atomic E-state index is 0.235. The minimum atomic E-state index is -4.60. The Bertz CT molecular complexity index is 462. The molecule has 0 aromatic rings. The summed E-state index contributed by atoms with van der Waals surface area (Å²) < 4.78 is 19.7. The molecular weight excluding hydrogens is 395 g/mol. The van der Waals surface area contributed by atoms with E-state index in [2.05, 4.69) is 35.8 Å². The molecule has 0 rings (SSSR count). The van der Waals surface area contributed by atoms with Gasteiger partial charge < -0.3 is 24.7 Å². The first-order valence-corrected chi connectivity index (χ1v) is 12.4. The van der Waals surface area contributed by atoms with Gasteiger partial charge in [0.25, 0.3) is 0 Å². The van der Waals surface area contributed by atoms with Gasteiger partial charge in [-0.2, -0.15) is 0 Å². The van der Waals surface area contributed by atoms with Gasteiger partial charge in [-0.05, 0) is 44.9 Å². The topological polar surface area (TPSA) is 116 Å². The van der Waals surface area contributed by atoms with Crippen molar-refractivity contribution in [1.29, 1.82) is 0 Å². The first-order valence-electron chi connectivity index (χ1n) is 10.8. The van der Waals surface area contributed by atoms with Crippen LogP contribution >= 0.6 is 7.82 Å². The molecule has 1 unspecified atom stereocenters. The summed E-state index contributed by atoms with van der Waals surface area (Å²) in [5, 5.41) is 19.1. The number of unbranched alkanes of at least 4 members (excludes halogenated alkanes) is 8. The molecule has 0 spiro atoms. The van der Waals surface area contributed by atoms with E-state index in [1.54, 1.807) is 0 Å². The lowest BCUT2D eigenvalue weighted by atomic mass is 10.1. The van der Waals surface area contributed by atoms with E-state index in [-0.39, 0.29) is 6.61 Å². The molecule has 0 aliphatic carbocycles. The van der Waals surface area contributed by atoms with E-state index in [9.17, 15) is 14.8 Å². The summed E-state index contributed by atoms with van der Waals surface area (Å²) >= 11 is 0. The maximum atomic E-state index is 10.5. The van der Waals surface area contributed by atoms with Gasteiger partial charge in [-0.15, -0.1) is 0 Å². The van der Waals surface area contributed by atoms with Crippen LogP contribution < -0.4 is 0 Å². The van der Waals surface area contributed by atoms with Gasteiger partial charge in [-0.1, -0.05) is 63.3 Å². The molecule has 0 amide bonds. The van der Waals surface area contributed by atoms with E-state index in [1.807, 2.05) is 0 Å². The molecule has 7 nitrogen and oxygen atoms in total. The number of phosphoric acid groups is 1. The third-order valence-corrected chi connectivity index (χ3v) is 4.80. The third-order valence-electron chi connectivity index (χ3n) is 4.32. The highest BCUT2D eigenvalue weighted by atomic mass is 31.2. The van der Waals surface area contributed by atoms with Crippen LogP contribution in [0.25, 0.3) is 0 Å². The van der Waals surface area contributed by atoms with Crippen molar-refractivity contribution in [3.8, 4) is 0 Å². The van der Waals surface area contributed by atoms with Crippen LogP contribution in [-0.4, -0.2) is 45.6 Å². The van der Waals surface area contributed by atoms with Crippen molar-refractivity contribution in [2.24, 2.45) is 0 Å². The van der Waals surface area contributed by atoms with Crippen LogP contribution in [-0.2, 0) is 13.8 Å². The fourth-order valence-corrected chi connectivity index (χ4v) is 3.03. The number of ether oxygens (including phenoxy) is 1. The number of hydrogen-bond acceptors (Lipinski definition) is 5. The third kappa shape index (κ3) is 23.6. The highest BCUT2D eigenvalue weighted by Crippen LogP contribution is 2.35. The summed E-state index contributed by atoms with van der Waals surface area (Å²) in [5.41, 5.74) is 0. The molecule has 2 atom stereocenters. The standard InChI is InChI=1S/C21H41O7P/c1-2-3-4-5-6-7-8-9-10-11-12-13-14-15-16-17-21(23)27-18-20(22)19-28-29(24,25)26/h6-7,9-10,20-23H,2-5,8,11-19H2,1H3,(H2,24,25,26)/b7-6-,10-9-/t20-,21?/m1/s1. The zero-order chi connectivity index (χ0) is 21.8. The zero-order valence-electron chi connectivity index (χ0n) is 17.8. The molecule has 29 heavy (non-hydrogen) atoms. The van der Waals surface area contributed by atoms with Crippen molar-refractivity contribution in [1.82, 2.24) is 0 Å². The molecule has 0 bridgehead atoms. The number of hydrogen-bond donors (Lipinski definition) is 4. The van der Waals surface area contributed by atoms with Crippen LogP contribution in [0.2, 0.25) is 0 Å². The molecule has 0 aliphatic rings. The average molecular weight is 437 g/mol.